The fourth-order valence-electron chi connectivity index (χ4n) is 3.03. The van der Waals surface area contributed by atoms with Gasteiger partial charge in [0.15, 0.2) is 0 Å². The van der Waals surface area contributed by atoms with E-state index in [0.717, 1.165) is 0 Å². The van der Waals surface area contributed by atoms with Gasteiger partial charge in [-0.05, 0) is 19.3 Å². The highest BCUT2D eigenvalue weighted by atomic mass is 16.4. The van der Waals surface area contributed by atoms with Crippen LogP contribution in [0.3, 0.4) is 0 Å². The van der Waals surface area contributed by atoms with Gasteiger partial charge in [0.25, 0.3) is 0 Å². The summed E-state index contributed by atoms with van der Waals surface area (Å²) in [6, 6.07) is -7.30. The number of amides is 5. The lowest BCUT2D eigenvalue weighted by molar-refractivity contribution is -0.141. The van der Waals surface area contributed by atoms with Crippen molar-refractivity contribution >= 4 is 47.4 Å². The van der Waals surface area contributed by atoms with Gasteiger partial charge in [0.05, 0.1) is 19.1 Å². The van der Waals surface area contributed by atoms with Gasteiger partial charge < -0.3 is 52.7 Å². The predicted molar refractivity (Wildman–Crippen MR) is 133 cm³/mol. The second-order valence-electron chi connectivity index (χ2n) is 9.03. The standard InChI is InChI=1S/C22H36N6O12/c1-9(2)17(22(40)25-11(4-5-14(30)31)19(37)24-7-16(34)35)28-21(39)13(8-29)27-20(38)12(6-15(32)33)26-18(36)10(3)23/h9-13,17,29H,4-8,23H2,1-3H3,(H,24,37)(H,25,40)(H,26,36)(H,27,38)(H,28,39)(H,30,31)(H,32,33)(H,34,35)/t10-,11-,12-,13-,17-/m0/s1. The quantitative estimate of drug-likeness (QED) is 0.0736. The summed E-state index contributed by atoms with van der Waals surface area (Å²) in [6.07, 6.45) is -1.83. The summed E-state index contributed by atoms with van der Waals surface area (Å²) in [5.74, 6) is -9.81. The zero-order valence-electron chi connectivity index (χ0n) is 22.1. The van der Waals surface area contributed by atoms with Gasteiger partial charge in [-0.3, -0.25) is 38.4 Å². The molecular formula is C22H36N6O12. The molecular weight excluding hydrogens is 540 g/mol. The minimum absolute atomic E-state index is 0.404. The Hall–Kier alpha value is -4.32. The summed E-state index contributed by atoms with van der Waals surface area (Å²) >= 11 is 0. The number of carbonyl (C=O) groups is 8. The molecule has 0 saturated carbocycles. The number of hydrogen-bond donors (Lipinski definition) is 10. The Morgan fingerprint density at radius 1 is 0.650 bits per heavy atom. The number of hydrogen-bond acceptors (Lipinski definition) is 10. The summed E-state index contributed by atoms with van der Waals surface area (Å²) in [7, 11) is 0. The van der Waals surface area contributed by atoms with Crippen molar-refractivity contribution in [3.8, 4) is 0 Å². The fourth-order valence-corrected chi connectivity index (χ4v) is 3.03. The Morgan fingerprint density at radius 2 is 1.18 bits per heavy atom. The molecule has 0 fully saturated rings. The Morgan fingerprint density at radius 3 is 1.62 bits per heavy atom. The second-order valence-corrected chi connectivity index (χ2v) is 9.03. The molecule has 18 nitrogen and oxygen atoms in total. The monoisotopic (exact) mass is 576 g/mol. The number of carbonyl (C=O) groups excluding carboxylic acids is 5. The summed E-state index contributed by atoms with van der Waals surface area (Å²) in [5, 5.41) is 47.1. The summed E-state index contributed by atoms with van der Waals surface area (Å²) in [5.41, 5.74) is 5.41. The molecule has 0 aromatic heterocycles. The van der Waals surface area contributed by atoms with Crippen molar-refractivity contribution in [3.63, 3.8) is 0 Å². The van der Waals surface area contributed by atoms with Gasteiger partial charge in [-0.25, -0.2) is 0 Å². The molecule has 0 radical (unpaired) electrons. The van der Waals surface area contributed by atoms with Gasteiger partial charge in [0.2, 0.25) is 29.5 Å². The van der Waals surface area contributed by atoms with Crippen LogP contribution in [0.25, 0.3) is 0 Å². The van der Waals surface area contributed by atoms with Crippen LogP contribution in [0.4, 0.5) is 0 Å². The first kappa shape index (κ1) is 35.7. The van der Waals surface area contributed by atoms with E-state index in [9.17, 15) is 43.5 Å². The topological polar surface area (TPSA) is 304 Å². The number of carboxylic acids is 3. The van der Waals surface area contributed by atoms with E-state index in [0.29, 0.717) is 0 Å². The zero-order valence-corrected chi connectivity index (χ0v) is 22.1. The second kappa shape index (κ2) is 17.3. The van der Waals surface area contributed by atoms with Crippen molar-refractivity contribution in [1.29, 1.82) is 0 Å². The molecule has 0 aliphatic heterocycles. The normalized spacial score (nSPS) is 14.4. The molecule has 0 unspecified atom stereocenters. The van der Waals surface area contributed by atoms with Crippen molar-refractivity contribution in [2.45, 2.75) is 70.2 Å². The van der Waals surface area contributed by atoms with Crippen molar-refractivity contribution in [2.75, 3.05) is 13.2 Å². The lowest BCUT2D eigenvalue weighted by Gasteiger charge is -2.27. The molecule has 40 heavy (non-hydrogen) atoms. The largest absolute Gasteiger partial charge is 0.481 e. The number of rotatable bonds is 18. The Balaban J connectivity index is 5.64. The lowest BCUT2D eigenvalue weighted by atomic mass is 10.0. The first-order valence-electron chi connectivity index (χ1n) is 12.0. The Kier molecular flexibility index (Phi) is 15.4. The first-order chi connectivity index (χ1) is 18.5. The number of carboxylic acid groups (broad SMARTS) is 3. The van der Waals surface area contributed by atoms with E-state index in [4.69, 9.17) is 21.1 Å². The number of nitrogens with one attached hydrogen (secondary N) is 5. The molecule has 0 aromatic rings. The maximum Gasteiger partial charge on any atom is 0.322 e. The maximum absolute atomic E-state index is 12.9. The van der Waals surface area contributed by atoms with Crippen LogP contribution in [0, 0.1) is 5.92 Å². The molecule has 0 aliphatic rings. The highest BCUT2D eigenvalue weighted by molar-refractivity contribution is 5.97. The third kappa shape index (κ3) is 13.5. The minimum Gasteiger partial charge on any atom is -0.481 e. The Bertz CT molecular complexity index is 970. The molecule has 0 saturated heterocycles. The molecule has 11 N–H and O–H groups in total. The first-order valence-corrected chi connectivity index (χ1v) is 12.0. The van der Waals surface area contributed by atoms with E-state index in [-0.39, 0.29) is 0 Å². The summed E-state index contributed by atoms with van der Waals surface area (Å²) in [4.78, 5) is 95.3. The van der Waals surface area contributed by atoms with E-state index in [1.54, 1.807) is 0 Å². The van der Waals surface area contributed by atoms with Gasteiger partial charge in [0.1, 0.15) is 30.7 Å². The Labute approximate surface area is 228 Å². The van der Waals surface area contributed by atoms with Gasteiger partial charge in [-0.2, -0.15) is 0 Å². The van der Waals surface area contributed by atoms with Crippen molar-refractivity contribution in [1.82, 2.24) is 26.6 Å². The van der Waals surface area contributed by atoms with Gasteiger partial charge in [0, 0.05) is 6.42 Å². The van der Waals surface area contributed by atoms with Crippen LogP contribution in [0.2, 0.25) is 0 Å². The van der Waals surface area contributed by atoms with Crippen LogP contribution in [-0.4, -0.2) is 111 Å². The van der Waals surface area contributed by atoms with Crippen LogP contribution >= 0.6 is 0 Å². The van der Waals surface area contributed by atoms with Crippen molar-refractivity contribution < 1.29 is 58.8 Å². The van der Waals surface area contributed by atoms with Crippen LogP contribution in [0.5, 0.6) is 0 Å². The van der Waals surface area contributed by atoms with E-state index in [1.165, 1.54) is 20.8 Å². The maximum atomic E-state index is 12.9. The van der Waals surface area contributed by atoms with Crippen LogP contribution in [0.15, 0.2) is 0 Å². The third-order valence-corrected chi connectivity index (χ3v) is 5.18. The average molecular weight is 577 g/mol. The number of aliphatic carboxylic acids is 3. The molecule has 0 heterocycles. The highest BCUT2D eigenvalue weighted by Crippen LogP contribution is 2.06. The predicted octanol–water partition coefficient (Wildman–Crippen LogP) is -4.54. The van der Waals surface area contributed by atoms with E-state index in [2.05, 4.69) is 21.3 Å². The van der Waals surface area contributed by atoms with Crippen LogP contribution in [-0.2, 0) is 38.4 Å². The SMILES string of the molecule is CC(C)[C@H](NC(=O)[C@H](CO)NC(=O)[C@H](CC(=O)O)NC(=O)[C@H](C)N)C(=O)N[C@@H](CCC(=O)O)C(=O)NCC(=O)O. The van der Waals surface area contributed by atoms with Crippen LogP contribution in [0.1, 0.15) is 40.0 Å². The third-order valence-electron chi connectivity index (χ3n) is 5.18. The molecule has 5 amide bonds. The molecule has 0 spiro atoms. The van der Waals surface area contributed by atoms with Crippen LogP contribution < -0.4 is 32.3 Å². The molecule has 0 aromatic carbocycles. The number of nitrogens with two attached hydrogens (primary N) is 1. The fraction of sp³-hybridized carbons (Fsp3) is 0.636. The zero-order chi connectivity index (χ0) is 31.2. The van der Waals surface area contributed by atoms with E-state index >= 15 is 0 Å². The summed E-state index contributed by atoms with van der Waals surface area (Å²) < 4.78 is 0. The molecule has 0 rings (SSSR count). The van der Waals surface area contributed by atoms with Crippen molar-refractivity contribution in [2.24, 2.45) is 11.7 Å². The van der Waals surface area contributed by atoms with E-state index < -0.39 is 116 Å². The molecule has 0 aliphatic carbocycles. The highest BCUT2D eigenvalue weighted by Gasteiger charge is 2.33. The van der Waals surface area contributed by atoms with E-state index in [1.807, 2.05) is 5.32 Å². The van der Waals surface area contributed by atoms with Gasteiger partial charge in [-0.1, -0.05) is 13.8 Å². The minimum atomic E-state index is -1.70. The number of aliphatic hydroxyl groups is 1. The van der Waals surface area contributed by atoms with Crippen molar-refractivity contribution in [3.05, 3.63) is 0 Å². The molecule has 5 atom stereocenters. The smallest absolute Gasteiger partial charge is 0.322 e. The molecule has 226 valence electrons. The summed E-state index contributed by atoms with van der Waals surface area (Å²) in [6.45, 7) is 2.49. The average Bonchev–Trinajstić information content (AvgIpc) is 2.84. The van der Waals surface area contributed by atoms with Gasteiger partial charge in [-0.15, -0.1) is 0 Å². The van der Waals surface area contributed by atoms with Gasteiger partial charge >= 0.3 is 17.9 Å². The lowest BCUT2D eigenvalue weighted by Crippen LogP contribution is -2.60. The molecule has 18 heteroatoms. The number of aliphatic hydroxyl groups excluding tert-OH is 1. The molecule has 0 bridgehead atoms.